The average molecular weight is 348 g/mol. The van der Waals surface area contributed by atoms with Crippen LogP contribution >= 0.6 is 24.2 Å². The summed E-state index contributed by atoms with van der Waals surface area (Å²) in [4.78, 5) is 23.4. The highest BCUT2D eigenvalue weighted by atomic mass is 35.5. The van der Waals surface area contributed by atoms with E-state index in [-0.39, 0.29) is 42.6 Å². The molecule has 1 aliphatic heterocycles. The van der Waals surface area contributed by atoms with E-state index in [0.717, 1.165) is 18.1 Å². The van der Waals surface area contributed by atoms with E-state index < -0.39 is 0 Å². The van der Waals surface area contributed by atoms with Crippen molar-refractivity contribution in [3.63, 3.8) is 0 Å². The molecule has 1 aromatic rings. The molecule has 1 atom stereocenters. The Kier molecular flexibility index (Phi) is 8.22. The average Bonchev–Trinajstić information content (AvgIpc) is 2.49. The molecule has 1 saturated heterocycles. The number of rotatable bonds is 5. The number of hydrogen-bond acceptors (Lipinski definition) is 4. The predicted octanol–water partition coefficient (Wildman–Crippen LogP) is 1.40. The zero-order chi connectivity index (χ0) is 15.1. The van der Waals surface area contributed by atoms with Gasteiger partial charge in [0, 0.05) is 36.2 Å². The van der Waals surface area contributed by atoms with Crippen molar-refractivity contribution in [3.8, 4) is 0 Å². The molecule has 1 heterocycles. The second-order valence-corrected chi connectivity index (χ2v) is 5.91. The van der Waals surface area contributed by atoms with Gasteiger partial charge < -0.3 is 16.0 Å². The Balaban J connectivity index is 0.00000242. The van der Waals surface area contributed by atoms with E-state index in [1.165, 1.54) is 24.3 Å². The van der Waals surface area contributed by atoms with Gasteiger partial charge in [0.2, 0.25) is 11.8 Å². The lowest BCUT2D eigenvalue weighted by atomic mass is 10.2. The highest BCUT2D eigenvalue weighted by molar-refractivity contribution is 7.99. The first kappa shape index (κ1) is 18.7. The van der Waals surface area contributed by atoms with Crippen molar-refractivity contribution in [2.75, 3.05) is 29.9 Å². The maximum atomic E-state index is 12.7. The van der Waals surface area contributed by atoms with E-state index in [0.29, 0.717) is 12.1 Å². The molecule has 8 heteroatoms. The SMILES string of the molecule is Cl.O=C(CC1CSCCN1)NCC(=O)Nc1ccc(F)cc1. The van der Waals surface area contributed by atoms with Gasteiger partial charge in [0.1, 0.15) is 5.82 Å². The molecule has 1 fully saturated rings. The zero-order valence-electron chi connectivity index (χ0n) is 11.9. The van der Waals surface area contributed by atoms with Gasteiger partial charge >= 0.3 is 0 Å². The number of benzene rings is 1. The minimum atomic E-state index is -0.362. The fraction of sp³-hybridized carbons (Fsp3) is 0.429. The maximum absolute atomic E-state index is 12.7. The molecule has 1 unspecified atom stereocenters. The van der Waals surface area contributed by atoms with Gasteiger partial charge in [-0.05, 0) is 24.3 Å². The van der Waals surface area contributed by atoms with Crippen LogP contribution in [-0.4, -0.2) is 42.5 Å². The highest BCUT2D eigenvalue weighted by Crippen LogP contribution is 2.10. The number of anilines is 1. The first-order chi connectivity index (χ1) is 10.1. The van der Waals surface area contributed by atoms with Crippen LogP contribution in [0.4, 0.5) is 10.1 Å². The van der Waals surface area contributed by atoms with E-state index in [1.807, 2.05) is 11.8 Å². The highest BCUT2D eigenvalue weighted by Gasteiger charge is 2.16. The van der Waals surface area contributed by atoms with Crippen molar-refractivity contribution in [2.24, 2.45) is 0 Å². The van der Waals surface area contributed by atoms with Gasteiger partial charge in [-0.25, -0.2) is 4.39 Å². The Morgan fingerprint density at radius 2 is 2.00 bits per heavy atom. The molecule has 1 aromatic carbocycles. The Hall–Kier alpha value is -1.31. The smallest absolute Gasteiger partial charge is 0.243 e. The van der Waals surface area contributed by atoms with E-state index in [1.54, 1.807) is 0 Å². The normalized spacial score (nSPS) is 17.2. The Morgan fingerprint density at radius 3 is 2.64 bits per heavy atom. The van der Waals surface area contributed by atoms with Gasteiger partial charge in [0.05, 0.1) is 6.54 Å². The largest absolute Gasteiger partial charge is 0.347 e. The van der Waals surface area contributed by atoms with E-state index in [4.69, 9.17) is 0 Å². The summed E-state index contributed by atoms with van der Waals surface area (Å²) in [7, 11) is 0. The molecular formula is C14H19ClFN3O2S. The second kappa shape index (κ2) is 9.66. The molecule has 22 heavy (non-hydrogen) atoms. The van der Waals surface area contributed by atoms with Gasteiger partial charge in [-0.1, -0.05) is 0 Å². The summed E-state index contributed by atoms with van der Waals surface area (Å²) >= 11 is 1.82. The van der Waals surface area contributed by atoms with Gasteiger partial charge in [-0.15, -0.1) is 12.4 Å². The van der Waals surface area contributed by atoms with Crippen molar-refractivity contribution >= 4 is 41.7 Å². The van der Waals surface area contributed by atoms with Crippen LogP contribution in [0.5, 0.6) is 0 Å². The van der Waals surface area contributed by atoms with Crippen molar-refractivity contribution in [2.45, 2.75) is 12.5 Å². The lowest BCUT2D eigenvalue weighted by Gasteiger charge is -2.22. The summed E-state index contributed by atoms with van der Waals surface area (Å²) in [5.41, 5.74) is 0.501. The van der Waals surface area contributed by atoms with E-state index in [9.17, 15) is 14.0 Å². The number of nitrogens with one attached hydrogen (secondary N) is 3. The molecule has 3 N–H and O–H groups in total. The number of thioether (sulfide) groups is 1. The standard InChI is InChI=1S/C14H18FN3O2S.ClH/c15-10-1-3-11(4-2-10)18-14(20)8-17-13(19)7-12-9-21-6-5-16-12;/h1-4,12,16H,5-9H2,(H,17,19)(H,18,20);1H. The fourth-order valence-corrected chi connectivity index (χ4v) is 2.91. The zero-order valence-corrected chi connectivity index (χ0v) is 13.6. The summed E-state index contributed by atoms with van der Waals surface area (Å²) in [6.07, 6.45) is 0.372. The van der Waals surface area contributed by atoms with Crippen LogP contribution in [0.25, 0.3) is 0 Å². The monoisotopic (exact) mass is 347 g/mol. The van der Waals surface area contributed by atoms with Crippen molar-refractivity contribution in [1.82, 2.24) is 10.6 Å². The first-order valence-electron chi connectivity index (χ1n) is 6.77. The third-order valence-electron chi connectivity index (χ3n) is 3.00. The molecule has 2 amide bonds. The van der Waals surface area contributed by atoms with Gasteiger partial charge in [-0.3, -0.25) is 9.59 Å². The van der Waals surface area contributed by atoms with Crippen LogP contribution < -0.4 is 16.0 Å². The number of carbonyl (C=O) groups excluding carboxylic acids is 2. The Labute approximate surface area is 139 Å². The lowest BCUT2D eigenvalue weighted by Crippen LogP contribution is -2.42. The quantitative estimate of drug-likeness (QED) is 0.753. The summed E-state index contributed by atoms with van der Waals surface area (Å²) in [6, 6.07) is 5.64. The molecule has 1 aliphatic rings. The first-order valence-corrected chi connectivity index (χ1v) is 7.92. The third kappa shape index (κ3) is 6.64. The summed E-state index contributed by atoms with van der Waals surface area (Å²) in [6.45, 7) is 0.823. The lowest BCUT2D eigenvalue weighted by molar-refractivity contribution is -0.124. The van der Waals surface area contributed by atoms with Crippen LogP contribution in [0.15, 0.2) is 24.3 Å². The van der Waals surface area contributed by atoms with E-state index in [2.05, 4.69) is 16.0 Å². The number of amides is 2. The summed E-state index contributed by atoms with van der Waals surface area (Å²) in [5, 5.41) is 8.44. The molecule has 0 spiro atoms. The number of halogens is 2. The Morgan fingerprint density at radius 1 is 1.27 bits per heavy atom. The Bertz CT molecular complexity index is 495. The molecule has 122 valence electrons. The third-order valence-corrected chi connectivity index (χ3v) is 4.14. The van der Waals surface area contributed by atoms with Crippen LogP contribution in [0.2, 0.25) is 0 Å². The van der Waals surface area contributed by atoms with Crippen molar-refractivity contribution < 1.29 is 14.0 Å². The predicted molar refractivity (Wildman–Crippen MR) is 89.0 cm³/mol. The van der Waals surface area contributed by atoms with Crippen molar-refractivity contribution in [3.05, 3.63) is 30.1 Å². The maximum Gasteiger partial charge on any atom is 0.243 e. The minimum Gasteiger partial charge on any atom is -0.347 e. The molecule has 0 saturated carbocycles. The molecule has 0 aliphatic carbocycles. The molecule has 5 nitrogen and oxygen atoms in total. The van der Waals surface area contributed by atoms with Crippen molar-refractivity contribution in [1.29, 1.82) is 0 Å². The topological polar surface area (TPSA) is 70.2 Å². The fourth-order valence-electron chi connectivity index (χ4n) is 1.96. The minimum absolute atomic E-state index is 0. The van der Waals surface area contributed by atoms with Crippen LogP contribution in [-0.2, 0) is 9.59 Å². The van der Waals surface area contributed by atoms with Gasteiger partial charge in [-0.2, -0.15) is 11.8 Å². The van der Waals surface area contributed by atoms with Crippen LogP contribution in [0.1, 0.15) is 6.42 Å². The molecule has 2 rings (SSSR count). The number of hydrogen-bond donors (Lipinski definition) is 3. The van der Waals surface area contributed by atoms with E-state index >= 15 is 0 Å². The molecule has 0 radical (unpaired) electrons. The second-order valence-electron chi connectivity index (χ2n) is 4.76. The van der Waals surface area contributed by atoms with Crippen LogP contribution in [0.3, 0.4) is 0 Å². The molecule has 0 aromatic heterocycles. The number of carbonyl (C=O) groups is 2. The van der Waals surface area contributed by atoms with Gasteiger partial charge in [0.15, 0.2) is 0 Å². The molecular weight excluding hydrogens is 329 g/mol. The summed E-state index contributed by atoms with van der Waals surface area (Å²) in [5.74, 6) is 1.14. The van der Waals surface area contributed by atoms with Gasteiger partial charge in [0.25, 0.3) is 0 Å². The summed E-state index contributed by atoms with van der Waals surface area (Å²) < 4.78 is 12.7. The van der Waals surface area contributed by atoms with Crippen LogP contribution in [0, 0.1) is 5.82 Å². The molecule has 0 bridgehead atoms.